The smallest absolute Gasteiger partial charge is 0.270 e. The third-order valence-corrected chi connectivity index (χ3v) is 3.07. The zero-order valence-electron chi connectivity index (χ0n) is 11.3. The van der Waals surface area contributed by atoms with E-state index in [9.17, 15) is 4.79 Å². The lowest BCUT2D eigenvalue weighted by molar-refractivity contribution is 0.0622. The molecule has 5 heteroatoms. The van der Waals surface area contributed by atoms with Gasteiger partial charge in [-0.05, 0) is 31.4 Å². The van der Waals surface area contributed by atoms with Gasteiger partial charge in [0.05, 0.1) is 12.6 Å². The van der Waals surface area contributed by atoms with Gasteiger partial charge in [-0.25, -0.2) is 0 Å². The molecule has 1 aromatic rings. The molecule has 1 aliphatic rings. The van der Waals surface area contributed by atoms with Crippen LogP contribution in [0.3, 0.4) is 0 Å². The fraction of sp³-hybridized carbons (Fsp3) is 0.571. The maximum absolute atomic E-state index is 12.1. The summed E-state index contributed by atoms with van der Waals surface area (Å²) in [4.78, 5) is 16.2. The second-order valence-corrected chi connectivity index (χ2v) is 4.74. The van der Waals surface area contributed by atoms with E-state index in [1.54, 1.807) is 12.3 Å². The first-order valence-electron chi connectivity index (χ1n) is 6.88. The van der Waals surface area contributed by atoms with Crippen molar-refractivity contribution in [3.05, 3.63) is 24.0 Å². The zero-order chi connectivity index (χ0) is 13.5. The molecule has 0 bridgehead atoms. The van der Waals surface area contributed by atoms with Crippen molar-refractivity contribution in [3.63, 3.8) is 0 Å². The molecule has 1 unspecified atom stereocenters. The molecule has 5 nitrogen and oxygen atoms in total. The standard InChI is InChI=1S/C14H21N3O2/c1-2-6-15-11-5-7-16-13(9-11)14(18)17-12-4-3-8-19-10-12/h5,7,9,12H,2-4,6,8,10H2,1H3,(H,15,16)(H,17,18). The first kappa shape index (κ1) is 13.8. The van der Waals surface area contributed by atoms with Gasteiger partial charge in [-0.1, -0.05) is 6.92 Å². The predicted molar refractivity (Wildman–Crippen MR) is 74.3 cm³/mol. The Kier molecular flexibility index (Phi) is 5.15. The Morgan fingerprint density at radius 2 is 2.47 bits per heavy atom. The highest BCUT2D eigenvalue weighted by atomic mass is 16.5. The number of rotatable bonds is 5. The summed E-state index contributed by atoms with van der Waals surface area (Å²) >= 11 is 0. The lowest BCUT2D eigenvalue weighted by Crippen LogP contribution is -2.40. The summed E-state index contributed by atoms with van der Waals surface area (Å²) in [6, 6.07) is 3.76. The van der Waals surface area contributed by atoms with Gasteiger partial charge in [-0.15, -0.1) is 0 Å². The second kappa shape index (κ2) is 7.09. The number of pyridine rings is 1. The van der Waals surface area contributed by atoms with Crippen molar-refractivity contribution in [2.24, 2.45) is 0 Å². The maximum Gasteiger partial charge on any atom is 0.270 e. The van der Waals surface area contributed by atoms with Crippen molar-refractivity contribution >= 4 is 11.6 Å². The number of hydrogen-bond donors (Lipinski definition) is 2. The highest BCUT2D eigenvalue weighted by Crippen LogP contribution is 2.10. The number of hydrogen-bond acceptors (Lipinski definition) is 4. The number of amides is 1. The Bertz CT molecular complexity index is 417. The van der Waals surface area contributed by atoms with Crippen molar-refractivity contribution in [2.45, 2.75) is 32.2 Å². The molecular weight excluding hydrogens is 242 g/mol. The summed E-state index contributed by atoms with van der Waals surface area (Å²) in [5, 5.41) is 6.21. The molecule has 0 aromatic carbocycles. The van der Waals surface area contributed by atoms with Crippen LogP contribution in [0.15, 0.2) is 18.3 Å². The molecule has 2 rings (SSSR count). The molecule has 2 heterocycles. The van der Waals surface area contributed by atoms with Gasteiger partial charge < -0.3 is 15.4 Å². The first-order chi connectivity index (χ1) is 9.29. The third-order valence-electron chi connectivity index (χ3n) is 3.07. The average molecular weight is 263 g/mol. The van der Waals surface area contributed by atoms with E-state index in [2.05, 4.69) is 22.5 Å². The van der Waals surface area contributed by atoms with Gasteiger partial charge in [0.15, 0.2) is 0 Å². The van der Waals surface area contributed by atoms with Crippen molar-refractivity contribution in [1.82, 2.24) is 10.3 Å². The minimum Gasteiger partial charge on any atom is -0.385 e. The van der Waals surface area contributed by atoms with Gasteiger partial charge in [0.2, 0.25) is 0 Å². The van der Waals surface area contributed by atoms with E-state index in [-0.39, 0.29) is 11.9 Å². The van der Waals surface area contributed by atoms with Crippen LogP contribution in [0.1, 0.15) is 36.7 Å². The zero-order valence-corrected chi connectivity index (χ0v) is 11.3. The Morgan fingerprint density at radius 3 is 3.21 bits per heavy atom. The number of aromatic nitrogens is 1. The first-order valence-corrected chi connectivity index (χ1v) is 6.88. The molecule has 1 aromatic heterocycles. The van der Waals surface area contributed by atoms with Gasteiger partial charge in [-0.2, -0.15) is 0 Å². The summed E-state index contributed by atoms with van der Waals surface area (Å²) in [7, 11) is 0. The lowest BCUT2D eigenvalue weighted by atomic mass is 10.1. The van der Waals surface area contributed by atoms with Crippen LogP contribution >= 0.6 is 0 Å². The molecule has 0 saturated carbocycles. The topological polar surface area (TPSA) is 63.2 Å². The number of ether oxygens (including phenoxy) is 1. The van der Waals surface area contributed by atoms with E-state index < -0.39 is 0 Å². The van der Waals surface area contributed by atoms with Crippen molar-refractivity contribution in [1.29, 1.82) is 0 Å². The molecule has 19 heavy (non-hydrogen) atoms. The summed E-state index contributed by atoms with van der Waals surface area (Å²) < 4.78 is 5.35. The quantitative estimate of drug-likeness (QED) is 0.850. The van der Waals surface area contributed by atoms with E-state index >= 15 is 0 Å². The van der Waals surface area contributed by atoms with Gasteiger partial charge in [0.1, 0.15) is 5.69 Å². The Balaban J connectivity index is 1.93. The molecule has 0 radical (unpaired) electrons. The number of carbonyl (C=O) groups is 1. The van der Waals surface area contributed by atoms with Gasteiger partial charge >= 0.3 is 0 Å². The largest absolute Gasteiger partial charge is 0.385 e. The Labute approximate surface area is 113 Å². The Hall–Kier alpha value is -1.62. The van der Waals surface area contributed by atoms with Crippen LogP contribution in [-0.2, 0) is 4.74 Å². The van der Waals surface area contributed by atoms with Crippen LogP contribution in [0.25, 0.3) is 0 Å². The number of anilines is 1. The molecule has 1 atom stereocenters. The fourth-order valence-electron chi connectivity index (χ4n) is 2.05. The van der Waals surface area contributed by atoms with Crippen LogP contribution in [0.2, 0.25) is 0 Å². The second-order valence-electron chi connectivity index (χ2n) is 4.74. The van der Waals surface area contributed by atoms with E-state index in [4.69, 9.17) is 4.74 Å². The van der Waals surface area contributed by atoms with Gasteiger partial charge in [-0.3, -0.25) is 9.78 Å². The third kappa shape index (κ3) is 4.21. The molecule has 1 saturated heterocycles. The minimum atomic E-state index is -0.129. The summed E-state index contributed by atoms with van der Waals surface area (Å²) in [6.45, 7) is 4.38. The van der Waals surface area contributed by atoms with Crippen molar-refractivity contribution in [3.8, 4) is 0 Å². The van der Waals surface area contributed by atoms with Gasteiger partial charge in [0.25, 0.3) is 5.91 Å². The summed E-state index contributed by atoms with van der Waals surface area (Å²) in [6.07, 6.45) is 4.67. The van der Waals surface area contributed by atoms with Crippen LogP contribution in [-0.4, -0.2) is 36.7 Å². The number of nitrogens with zero attached hydrogens (tertiary/aromatic N) is 1. The molecule has 1 fully saturated rings. The normalized spacial score (nSPS) is 18.9. The molecule has 0 spiro atoms. The Morgan fingerprint density at radius 1 is 1.58 bits per heavy atom. The number of nitrogens with one attached hydrogen (secondary N) is 2. The van der Waals surface area contributed by atoms with Crippen LogP contribution in [0.5, 0.6) is 0 Å². The molecule has 1 amide bonds. The van der Waals surface area contributed by atoms with E-state index in [1.807, 2.05) is 6.07 Å². The fourth-order valence-corrected chi connectivity index (χ4v) is 2.05. The average Bonchev–Trinajstić information content (AvgIpc) is 2.46. The molecule has 1 aliphatic heterocycles. The van der Waals surface area contributed by atoms with Crippen LogP contribution in [0, 0.1) is 0 Å². The minimum absolute atomic E-state index is 0.107. The van der Waals surface area contributed by atoms with Gasteiger partial charge in [0, 0.05) is 25.0 Å². The van der Waals surface area contributed by atoms with Crippen LogP contribution < -0.4 is 10.6 Å². The lowest BCUT2D eigenvalue weighted by Gasteiger charge is -2.22. The van der Waals surface area contributed by atoms with E-state index in [1.165, 1.54) is 0 Å². The number of carbonyl (C=O) groups excluding carboxylic acids is 1. The highest BCUT2D eigenvalue weighted by Gasteiger charge is 2.17. The van der Waals surface area contributed by atoms with Crippen LogP contribution in [0.4, 0.5) is 5.69 Å². The predicted octanol–water partition coefficient (Wildman–Crippen LogP) is 1.81. The van der Waals surface area contributed by atoms with E-state index in [0.717, 1.165) is 38.1 Å². The van der Waals surface area contributed by atoms with E-state index in [0.29, 0.717) is 12.3 Å². The summed E-state index contributed by atoms with van der Waals surface area (Å²) in [5.74, 6) is -0.129. The van der Waals surface area contributed by atoms with Crippen molar-refractivity contribution in [2.75, 3.05) is 25.1 Å². The molecular formula is C14H21N3O2. The summed E-state index contributed by atoms with van der Waals surface area (Å²) in [5.41, 5.74) is 1.38. The molecule has 0 aliphatic carbocycles. The van der Waals surface area contributed by atoms with Crippen molar-refractivity contribution < 1.29 is 9.53 Å². The molecule has 104 valence electrons. The monoisotopic (exact) mass is 263 g/mol. The maximum atomic E-state index is 12.1. The molecule has 2 N–H and O–H groups in total. The highest BCUT2D eigenvalue weighted by molar-refractivity contribution is 5.93. The SMILES string of the molecule is CCCNc1ccnc(C(=O)NC2CCCOC2)c1.